The molecule has 2 aromatic carbocycles. The summed E-state index contributed by atoms with van der Waals surface area (Å²) in [6, 6.07) is 16.9. The van der Waals surface area contributed by atoms with Gasteiger partial charge in [0, 0.05) is 18.0 Å². The van der Waals surface area contributed by atoms with Crippen LogP contribution in [0.5, 0.6) is 0 Å². The van der Waals surface area contributed by atoms with Crippen LogP contribution in [0, 0.1) is 0 Å². The summed E-state index contributed by atoms with van der Waals surface area (Å²) in [5.41, 5.74) is 3.11. The molecular weight excluding hydrogens is 490 g/mol. The van der Waals surface area contributed by atoms with Gasteiger partial charge in [-0.15, -0.1) is 0 Å². The van der Waals surface area contributed by atoms with Gasteiger partial charge in [-0.1, -0.05) is 67.9 Å². The van der Waals surface area contributed by atoms with Crippen LogP contribution in [0.2, 0.25) is 0 Å². The summed E-state index contributed by atoms with van der Waals surface area (Å²) in [4.78, 5) is 40.3. The van der Waals surface area contributed by atoms with Gasteiger partial charge in [-0.2, -0.15) is 0 Å². The van der Waals surface area contributed by atoms with Gasteiger partial charge >= 0.3 is 5.97 Å². The molecule has 0 aromatic heterocycles. The second-order valence-corrected chi connectivity index (χ2v) is 11.3. The molecule has 1 unspecified atom stereocenters. The first-order valence-corrected chi connectivity index (χ1v) is 14.0. The van der Waals surface area contributed by atoms with Gasteiger partial charge in [-0.05, 0) is 70.2 Å². The maximum absolute atomic E-state index is 13.9. The summed E-state index contributed by atoms with van der Waals surface area (Å²) in [7, 11) is 0. The van der Waals surface area contributed by atoms with E-state index in [1.165, 1.54) is 11.1 Å². The third-order valence-corrected chi connectivity index (χ3v) is 6.87. The molecule has 2 N–H and O–H groups in total. The number of carbonyl (C=O) groups excluding carboxylic acids is 3. The van der Waals surface area contributed by atoms with E-state index < -0.39 is 17.6 Å². The van der Waals surface area contributed by atoms with Crippen LogP contribution >= 0.6 is 0 Å². The lowest BCUT2D eigenvalue weighted by molar-refractivity contribution is -0.160. The van der Waals surface area contributed by atoms with Gasteiger partial charge in [0.25, 0.3) is 0 Å². The fraction of sp³-hybridized carbons (Fsp3) is 0.500. The maximum Gasteiger partial charge on any atom is 0.326 e. The number of nitrogens with zero attached hydrogens (tertiary/aromatic N) is 1. The third-order valence-electron chi connectivity index (χ3n) is 6.87. The summed E-state index contributed by atoms with van der Waals surface area (Å²) in [6.45, 7) is 10.0. The van der Waals surface area contributed by atoms with E-state index in [0.29, 0.717) is 24.8 Å². The zero-order chi connectivity index (χ0) is 28.4. The zero-order valence-electron chi connectivity index (χ0n) is 24.0. The van der Waals surface area contributed by atoms with Crippen molar-refractivity contribution in [2.45, 2.75) is 90.6 Å². The molecule has 0 fully saturated rings. The molecular formula is C32H43N3O4. The van der Waals surface area contributed by atoms with E-state index in [1.54, 1.807) is 4.90 Å². The van der Waals surface area contributed by atoms with Gasteiger partial charge < -0.3 is 15.0 Å². The minimum Gasteiger partial charge on any atom is -0.459 e. The van der Waals surface area contributed by atoms with Crippen LogP contribution in [-0.4, -0.2) is 59.7 Å². The van der Waals surface area contributed by atoms with Gasteiger partial charge in [-0.3, -0.25) is 14.9 Å². The van der Waals surface area contributed by atoms with Gasteiger partial charge in [0.15, 0.2) is 0 Å². The van der Waals surface area contributed by atoms with Crippen molar-refractivity contribution in [1.29, 1.82) is 0 Å². The van der Waals surface area contributed by atoms with Crippen molar-refractivity contribution in [3.8, 4) is 0 Å². The Morgan fingerprint density at radius 3 is 2.23 bits per heavy atom. The number of amides is 1. The van der Waals surface area contributed by atoms with Crippen LogP contribution in [0.3, 0.4) is 0 Å². The molecule has 7 nitrogen and oxygen atoms in total. The van der Waals surface area contributed by atoms with E-state index in [9.17, 15) is 14.4 Å². The number of carbonyl (C=O) groups is 2. The molecule has 0 bridgehead atoms. The molecule has 0 spiro atoms. The molecule has 39 heavy (non-hydrogen) atoms. The fourth-order valence-electron chi connectivity index (χ4n) is 4.98. The highest BCUT2D eigenvalue weighted by Crippen LogP contribution is 2.26. The lowest BCUT2D eigenvalue weighted by Gasteiger charge is -2.33. The third kappa shape index (κ3) is 9.17. The van der Waals surface area contributed by atoms with E-state index in [1.807, 2.05) is 70.2 Å². The number of hydrogen-bond donors (Lipinski definition) is 2. The van der Waals surface area contributed by atoms with E-state index in [4.69, 9.17) is 4.74 Å². The van der Waals surface area contributed by atoms with Crippen molar-refractivity contribution in [1.82, 2.24) is 15.5 Å². The summed E-state index contributed by atoms with van der Waals surface area (Å²) in [5, 5.41) is 6.86. The van der Waals surface area contributed by atoms with Crippen LogP contribution in [0.4, 0.5) is 0 Å². The Balaban J connectivity index is 1.78. The number of fused-ring (bicyclic) bond motifs is 1. The van der Waals surface area contributed by atoms with Crippen molar-refractivity contribution in [3.63, 3.8) is 0 Å². The Morgan fingerprint density at radius 2 is 1.67 bits per heavy atom. The molecule has 2 atom stereocenters. The molecule has 0 heterocycles. The quantitative estimate of drug-likeness (QED) is 0.173. The molecule has 1 aliphatic carbocycles. The Labute approximate surface area is 233 Å². The van der Waals surface area contributed by atoms with Crippen LogP contribution in [0.1, 0.15) is 70.6 Å². The summed E-state index contributed by atoms with van der Waals surface area (Å²) >= 11 is 0. The normalized spacial score (nSPS) is 14.7. The van der Waals surface area contributed by atoms with Crippen molar-refractivity contribution in [2.75, 3.05) is 13.1 Å². The molecule has 0 aliphatic heterocycles. The largest absolute Gasteiger partial charge is 0.459 e. The smallest absolute Gasteiger partial charge is 0.326 e. The molecule has 2 aromatic rings. The minimum absolute atomic E-state index is 0.113. The molecule has 7 heteroatoms. The Kier molecular flexibility index (Phi) is 11.0. The van der Waals surface area contributed by atoms with Gasteiger partial charge in [0.1, 0.15) is 18.1 Å². The molecule has 1 amide bonds. The SMILES string of the molecule is CCCCNC(CC(=C=O)c1ccccc1)N[C@@H](C)C(=O)N(CC(=O)OC(C)(C)C)C1Cc2ccccc2C1. The lowest BCUT2D eigenvalue weighted by Crippen LogP contribution is -2.56. The van der Waals surface area contributed by atoms with Crippen LogP contribution in [-0.2, 0) is 32.0 Å². The number of esters is 1. The molecule has 210 valence electrons. The Morgan fingerprint density at radius 1 is 1.05 bits per heavy atom. The fourth-order valence-corrected chi connectivity index (χ4v) is 4.98. The predicted molar refractivity (Wildman–Crippen MR) is 155 cm³/mol. The minimum atomic E-state index is -0.641. The van der Waals surface area contributed by atoms with Crippen molar-refractivity contribution < 1.29 is 19.1 Å². The first kappa shape index (κ1) is 30.3. The highest BCUT2D eigenvalue weighted by atomic mass is 16.6. The Bertz CT molecular complexity index is 1130. The maximum atomic E-state index is 13.9. The molecule has 0 radical (unpaired) electrons. The highest BCUT2D eigenvalue weighted by molar-refractivity contribution is 5.88. The van der Waals surface area contributed by atoms with E-state index >= 15 is 0 Å². The standard InChI is InChI=1S/C32H43N3O4/c1-6-7-17-33-29(20-27(22-36)24-13-9-8-10-14-24)34-23(2)31(38)35(21-30(37)39-32(3,4)5)28-18-25-15-11-12-16-26(25)19-28/h8-16,23,28-29,33-34H,6-7,17-21H2,1-5H3/t23-,29?/m0/s1. The monoisotopic (exact) mass is 533 g/mol. The van der Waals surface area contributed by atoms with Gasteiger partial charge in [0.2, 0.25) is 5.91 Å². The van der Waals surface area contributed by atoms with Crippen LogP contribution in [0.15, 0.2) is 54.6 Å². The molecule has 0 saturated heterocycles. The lowest BCUT2D eigenvalue weighted by atomic mass is 10.0. The van der Waals surface area contributed by atoms with Crippen LogP contribution < -0.4 is 10.6 Å². The topological polar surface area (TPSA) is 87.7 Å². The van der Waals surface area contributed by atoms with E-state index in [0.717, 1.165) is 24.9 Å². The highest BCUT2D eigenvalue weighted by Gasteiger charge is 2.35. The molecule has 3 rings (SSSR count). The van der Waals surface area contributed by atoms with Crippen molar-refractivity contribution >= 4 is 23.4 Å². The number of nitrogens with one attached hydrogen (secondary N) is 2. The van der Waals surface area contributed by atoms with Gasteiger partial charge in [-0.25, -0.2) is 4.79 Å². The summed E-state index contributed by atoms with van der Waals surface area (Å²) < 4.78 is 5.59. The average Bonchev–Trinajstić information content (AvgIpc) is 3.33. The number of ether oxygens (including phenoxy) is 1. The summed E-state index contributed by atoms with van der Waals surface area (Å²) in [6.07, 6.45) is 3.43. The molecule has 1 aliphatic rings. The Hall–Kier alpha value is -3.25. The zero-order valence-corrected chi connectivity index (χ0v) is 24.0. The average molecular weight is 534 g/mol. The number of unbranched alkanes of at least 4 members (excludes halogenated alkanes) is 1. The second kappa shape index (κ2) is 14.2. The predicted octanol–water partition coefficient (Wildman–Crippen LogP) is 4.32. The summed E-state index contributed by atoms with van der Waals surface area (Å²) in [5.74, 6) is 1.50. The number of benzene rings is 2. The second-order valence-electron chi connectivity index (χ2n) is 11.3. The van der Waals surface area contributed by atoms with E-state index in [-0.39, 0.29) is 24.7 Å². The van der Waals surface area contributed by atoms with Crippen molar-refractivity contribution in [2.24, 2.45) is 0 Å². The number of hydrogen-bond acceptors (Lipinski definition) is 6. The molecule has 0 saturated carbocycles. The first-order chi connectivity index (χ1) is 18.6. The number of rotatable bonds is 13. The first-order valence-electron chi connectivity index (χ1n) is 14.0. The van der Waals surface area contributed by atoms with Crippen LogP contribution in [0.25, 0.3) is 5.57 Å². The van der Waals surface area contributed by atoms with Gasteiger partial charge in [0.05, 0.1) is 12.2 Å². The van der Waals surface area contributed by atoms with Crippen molar-refractivity contribution in [3.05, 3.63) is 71.3 Å². The van der Waals surface area contributed by atoms with E-state index in [2.05, 4.69) is 35.6 Å².